The fourth-order valence-corrected chi connectivity index (χ4v) is 1.32. The lowest BCUT2D eigenvalue weighted by Gasteiger charge is -2.25. The molecular weight excluding hydrogens is 150 g/mol. The summed E-state index contributed by atoms with van der Waals surface area (Å²) in [4.78, 5) is 3.92. The highest BCUT2D eigenvalue weighted by Gasteiger charge is 2.23. The molecule has 1 N–H and O–H groups in total. The van der Waals surface area contributed by atoms with Crippen molar-refractivity contribution in [2.45, 2.75) is 32.3 Å². The van der Waals surface area contributed by atoms with Crippen molar-refractivity contribution in [2.24, 2.45) is 0 Å². The number of aromatic nitrogens is 1. The monoisotopic (exact) mass is 165 g/mol. The molecule has 0 amide bonds. The van der Waals surface area contributed by atoms with Crippen molar-refractivity contribution in [2.75, 3.05) is 0 Å². The Morgan fingerprint density at radius 1 is 1.25 bits per heavy atom. The first-order valence-corrected chi connectivity index (χ1v) is 4.36. The molecule has 0 saturated heterocycles. The van der Waals surface area contributed by atoms with E-state index in [4.69, 9.17) is 0 Å². The Morgan fingerprint density at radius 3 is 2.17 bits per heavy atom. The van der Waals surface area contributed by atoms with Crippen LogP contribution in [0.25, 0.3) is 0 Å². The molecule has 1 rings (SSSR count). The third-order valence-corrected chi connectivity index (χ3v) is 2.39. The maximum Gasteiger partial charge on any atom is 0.0892 e. The molecule has 1 aromatic heterocycles. The molecule has 0 atom stereocenters. The largest absolute Gasteiger partial charge is 0.385 e. The normalized spacial score (nSPS) is 11.6. The minimum atomic E-state index is -0.664. The maximum absolute atomic E-state index is 10.1. The Balaban J connectivity index is 2.95. The summed E-state index contributed by atoms with van der Waals surface area (Å²) in [6.45, 7) is 3.98. The zero-order chi connectivity index (χ0) is 9.03. The second kappa shape index (κ2) is 3.68. The smallest absolute Gasteiger partial charge is 0.0892 e. The predicted octanol–water partition coefficient (Wildman–Crippen LogP) is 2.09. The van der Waals surface area contributed by atoms with Crippen LogP contribution in [-0.4, -0.2) is 10.1 Å². The van der Waals surface area contributed by atoms with Crippen molar-refractivity contribution in [3.63, 3.8) is 0 Å². The first-order valence-electron chi connectivity index (χ1n) is 4.36. The van der Waals surface area contributed by atoms with E-state index in [2.05, 4.69) is 4.98 Å². The molecule has 0 fully saturated rings. The highest BCUT2D eigenvalue weighted by molar-refractivity contribution is 5.18. The topological polar surface area (TPSA) is 33.1 Å². The molecule has 1 aromatic rings. The maximum atomic E-state index is 10.1. The van der Waals surface area contributed by atoms with Crippen LogP contribution in [0, 0.1) is 0 Å². The lowest BCUT2D eigenvalue weighted by molar-refractivity contribution is 0.0283. The first-order chi connectivity index (χ1) is 5.73. The zero-order valence-corrected chi connectivity index (χ0v) is 7.62. The summed E-state index contributed by atoms with van der Waals surface area (Å²) in [6, 6.07) is 3.74. The van der Waals surface area contributed by atoms with E-state index in [0.29, 0.717) is 0 Å². The molecule has 0 spiro atoms. The van der Waals surface area contributed by atoms with Gasteiger partial charge in [0, 0.05) is 12.4 Å². The number of nitrogens with zero attached hydrogens (tertiary/aromatic N) is 1. The Hall–Kier alpha value is -0.890. The number of aliphatic hydroxyl groups is 1. The molecule has 66 valence electrons. The molecular formula is C10H15NO. The molecule has 0 aromatic carbocycles. The van der Waals surface area contributed by atoms with Crippen LogP contribution in [0.5, 0.6) is 0 Å². The predicted molar refractivity (Wildman–Crippen MR) is 48.7 cm³/mol. The fraction of sp³-hybridized carbons (Fsp3) is 0.500. The zero-order valence-electron chi connectivity index (χ0n) is 7.62. The van der Waals surface area contributed by atoms with Crippen LogP contribution in [0.15, 0.2) is 24.5 Å². The SMILES string of the molecule is CCC(O)(CC)c1ccncc1. The van der Waals surface area contributed by atoms with Gasteiger partial charge in [0.15, 0.2) is 0 Å². The molecule has 0 bridgehead atoms. The van der Waals surface area contributed by atoms with E-state index in [-0.39, 0.29) is 0 Å². The molecule has 0 unspecified atom stereocenters. The molecule has 0 aliphatic heterocycles. The third-order valence-electron chi connectivity index (χ3n) is 2.39. The Morgan fingerprint density at radius 2 is 1.75 bits per heavy atom. The summed E-state index contributed by atoms with van der Waals surface area (Å²) in [7, 11) is 0. The lowest BCUT2D eigenvalue weighted by atomic mass is 9.89. The second-order valence-corrected chi connectivity index (χ2v) is 2.97. The van der Waals surface area contributed by atoms with E-state index < -0.39 is 5.60 Å². The number of hydrogen-bond acceptors (Lipinski definition) is 2. The van der Waals surface area contributed by atoms with E-state index in [1.807, 2.05) is 26.0 Å². The van der Waals surface area contributed by atoms with Gasteiger partial charge in [-0.15, -0.1) is 0 Å². The van der Waals surface area contributed by atoms with Gasteiger partial charge in [0.25, 0.3) is 0 Å². The van der Waals surface area contributed by atoms with Crippen LogP contribution in [0.4, 0.5) is 0 Å². The molecule has 0 aliphatic carbocycles. The van der Waals surface area contributed by atoms with E-state index in [1.165, 1.54) is 0 Å². The Labute approximate surface area is 73.3 Å². The van der Waals surface area contributed by atoms with Crippen LogP contribution in [-0.2, 0) is 5.60 Å². The summed E-state index contributed by atoms with van der Waals surface area (Å²) in [5.74, 6) is 0. The van der Waals surface area contributed by atoms with E-state index in [1.54, 1.807) is 12.4 Å². The lowest BCUT2D eigenvalue weighted by Crippen LogP contribution is -2.23. The standard InChI is InChI=1S/C10H15NO/c1-3-10(12,4-2)9-5-7-11-8-6-9/h5-8,12H,3-4H2,1-2H3. The molecule has 2 nitrogen and oxygen atoms in total. The minimum absolute atomic E-state index is 0.664. The molecule has 0 saturated carbocycles. The van der Waals surface area contributed by atoms with Crippen molar-refractivity contribution in [3.8, 4) is 0 Å². The number of hydrogen-bond donors (Lipinski definition) is 1. The van der Waals surface area contributed by atoms with E-state index >= 15 is 0 Å². The summed E-state index contributed by atoms with van der Waals surface area (Å²) in [5.41, 5.74) is 0.297. The number of pyridine rings is 1. The van der Waals surface area contributed by atoms with Crippen LogP contribution in [0.3, 0.4) is 0 Å². The fourth-order valence-electron chi connectivity index (χ4n) is 1.32. The van der Waals surface area contributed by atoms with Gasteiger partial charge in [-0.05, 0) is 30.5 Å². The highest BCUT2D eigenvalue weighted by Crippen LogP contribution is 2.27. The first kappa shape index (κ1) is 9.20. The minimum Gasteiger partial charge on any atom is -0.385 e. The van der Waals surface area contributed by atoms with Gasteiger partial charge in [-0.1, -0.05) is 13.8 Å². The summed E-state index contributed by atoms with van der Waals surface area (Å²) in [6.07, 6.45) is 4.91. The second-order valence-electron chi connectivity index (χ2n) is 2.97. The van der Waals surface area contributed by atoms with Crippen molar-refractivity contribution in [1.29, 1.82) is 0 Å². The molecule has 0 radical (unpaired) electrons. The van der Waals surface area contributed by atoms with Gasteiger partial charge in [-0.3, -0.25) is 4.98 Å². The number of rotatable bonds is 3. The van der Waals surface area contributed by atoms with Crippen molar-refractivity contribution in [3.05, 3.63) is 30.1 Å². The van der Waals surface area contributed by atoms with Crippen molar-refractivity contribution in [1.82, 2.24) is 4.98 Å². The summed E-state index contributed by atoms with van der Waals surface area (Å²) >= 11 is 0. The van der Waals surface area contributed by atoms with Gasteiger partial charge in [0.1, 0.15) is 0 Å². The molecule has 1 heterocycles. The van der Waals surface area contributed by atoms with Crippen molar-refractivity contribution < 1.29 is 5.11 Å². The van der Waals surface area contributed by atoms with Crippen LogP contribution < -0.4 is 0 Å². The molecule has 0 aliphatic rings. The molecule has 2 heteroatoms. The molecule has 12 heavy (non-hydrogen) atoms. The van der Waals surface area contributed by atoms with Crippen LogP contribution in [0.2, 0.25) is 0 Å². The van der Waals surface area contributed by atoms with Gasteiger partial charge in [-0.25, -0.2) is 0 Å². The summed E-state index contributed by atoms with van der Waals surface area (Å²) < 4.78 is 0. The van der Waals surface area contributed by atoms with E-state index in [9.17, 15) is 5.11 Å². The van der Waals surface area contributed by atoms with E-state index in [0.717, 1.165) is 18.4 Å². The highest BCUT2D eigenvalue weighted by atomic mass is 16.3. The Bertz CT molecular complexity index is 229. The van der Waals surface area contributed by atoms with Crippen LogP contribution >= 0.6 is 0 Å². The quantitative estimate of drug-likeness (QED) is 0.744. The van der Waals surface area contributed by atoms with Gasteiger partial charge < -0.3 is 5.11 Å². The van der Waals surface area contributed by atoms with Crippen molar-refractivity contribution >= 4 is 0 Å². The average Bonchev–Trinajstić information content (AvgIpc) is 2.18. The van der Waals surface area contributed by atoms with Gasteiger partial charge in [0.2, 0.25) is 0 Å². The Kier molecular flexibility index (Phi) is 2.82. The van der Waals surface area contributed by atoms with Gasteiger partial charge in [-0.2, -0.15) is 0 Å². The van der Waals surface area contributed by atoms with Crippen LogP contribution in [0.1, 0.15) is 32.3 Å². The van der Waals surface area contributed by atoms with Gasteiger partial charge in [0.05, 0.1) is 5.60 Å². The summed E-state index contributed by atoms with van der Waals surface area (Å²) in [5, 5.41) is 10.1. The third kappa shape index (κ3) is 1.64. The average molecular weight is 165 g/mol. The van der Waals surface area contributed by atoms with Gasteiger partial charge >= 0.3 is 0 Å².